The Morgan fingerprint density at radius 1 is 1.16 bits per heavy atom. The van der Waals surface area contributed by atoms with Crippen LogP contribution in [0.5, 0.6) is 5.75 Å². The molecule has 19 heavy (non-hydrogen) atoms. The van der Waals surface area contributed by atoms with Gasteiger partial charge in [-0.1, -0.05) is 19.1 Å². The van der Waals surface area contributed by atoms with Crippen molar-refractivity contribution >= 4 is 11.9 Å². The Morgan fingerprint density at radius 3 is 2.58 bits per heavy atom. The van der Waals surface area contributed by atoms with Crippen LogP contribution in [0.4, 0.5) is 0 Å². The SMILES string of the molecule is CCCOC(=O)COCC(=O)Oc1cccc(C)c1. The summed E-state index contributed by atoms with van der Waals surface area (Å²) in [5.74, 6) is -0.568. The van der Waals surface area contributed by atoms with Gasteiger partial charge in [0.05, 0.1) is 6.61 Å². The summed E-state index contributed by atoms with van der Waals surface area (Å²) < 4.78 is 14.7. The van der Waals surface area contributed by atoms with Gasteiger partial charge >= 0.3 is 11.9 Å². The van der Waals surface area contributed by atoms with Gasteiger partial charge in [-0.3, -0.25) is 0 Å². The van der Waals surface area contributed by atoms with Gasteiger partial charge in [-0.2, -0.15) is 0 Å². The van der Waals surface area contributed by atoms with E-state index in [-0.39, 0.29) is 13.2 Å². The molecule has 5 nitrogen and oxygen atoms in total. The van der Waals surface area contributed by atoms with E-state index in [0.29, 0.717) is 12.4 Å². The van der Waals surface area contributed by atoms with Crippen LogP contribution >= 0.6 is 0 Å². The van der Waals surface area contributed by atoms with Crippen molar-refractivity contribution in [2.24, 2.45) is 0 Å². The lowest BCUT2D eigenvalue weighted by molar-refractivity contribution is -0.151. The van der Waals surface area contributed by atoms with Crippen molar-refractivity contribution < 1.29 is 23.8 Å². The molecule has 0 radical (unpaired) electrons. The van der Waals surface area contributed by atoms with Crippen LogP contribution in [-0.4, -0.2) is 31.8 Å². The minimum atomic E-state index is -0.547. The van der Waals surface area contributed by atoms with E-state index in [0.717, 1.165) is 12.0 Å². The largest absolute Gasteiger partial charge is 0.464 e. The summed E-state index contributed by atoms with van der Waals surface area (Å²) in [6.07, 6.45) is 0.751. The van der Waals surface area contributed by atoms with Crippen molar-refractivity contribution in [3.63, 3.8) is 0 Å². The van der Waals surface area contributed by atoms with Gasteiger partial charge in [0.15, 0.2) is 0 Å². The number of carbonyl (C=O) groups excluding carboxylic acids is 2. The highest BCUT2D eigenvalue weighted by Gasteiger charge is 2.08. The monoisotopic (exact) mass is 266 g/mol. The van der Waals surface area contributed by atoms with E-state index in [2.05, 4.69) is 0 Å². The second kappa shape index (κ2) is 8.26. The molecule has 0 atom stereocenters. The molecule has 0 aliphatic heterocycles. The highest BCUT2D eigenvalue weighted by Crippen LogP contribution is 2.12. The molecule has 0 saturated heterocycles. The molecule has 1 aromatic carbocycles. The quantitative estimate of drug-likeness (QED) is 0.557. The zero-order chi connectivity index (χ0) is 14.1. The lowest BCUT2D eigenvalue weighted by atomic mass is 10.2. The van der Waals surface area contributed by atoms with E-state index >= 15 is 0 Å². The maximum Gasteiger partial charge on any atom is 0.337 e. The number of ether oxygens (including phenoxy) is 3. The van der Waals surface area contributed by atoms with E-state index in [1.54, 1.807) is 18.2 Å². The average molecular weight is 266 g/mol. The van der Waals surface area contributed by atoms with E-state index in [4.69, 9.17) is 14.2 Å². The zero-order valence-corrected chi connectivity index (χ0v) is 11.2. The Hall–Kier alpha value is -1.88. The molecule has 1 rings (SSSR count). The molecule has 0 saturated carbocycles. The molecule has 0 aromatic heterocycles. The van der Waals surface area contributed by atoms with E-state index < -0.39 is 11.9 Å². The molecule has 0 aliphatic rings. The number of hydrogen-bond donors (Lipinski definition) is 0. The summed E-state index contributed by atoms with van der Waals surface area (Å²) in [4.78, 5) is 22.5. The summed E-state index contributed by atoms with van der Waals surface area (Å²) >= 11 is 0. The summed E-state index contributed by atoms with van der Waals surface area (Å²) in [6.45, 7) is 3.62. The maximum atomic E-state index is 11.4. The number of esters is 2. The smallest absolute Gasteiger partial charge is 0.337 e. The number of hydrogen-bond acceptors (Lipinski definition) is 5. The standard InChI is InChI=1S/C14H18O5/c1-3-7-18-13(15)9-17-10-14(16)19-12-6-4-5-11(2)8-12/h4-6,8H,3,7,9-10H2,1-2H3. The molecule has 0 aliphatic carbocycles. The lowest BCUT2D eigenvalue weighted by Crippen LogP contribution is -2.20. The summed E-state index contributed by atoms with van der Waals surface area (Å²) in [5.41, 5.74) is 0.995. The Bertz CT molecular complexity index is 428. The topological polar surface area (TPSA) is 61.8 Å². The first-order chi connectivity index (χ1) is 9.11. The normalized spacial score (nSPS) is 10.0. The number of benzene rings is 1. The molecule has 0 unspecified atom stereocenters. The van der Waals surface area contributed by atoms with Crippen molar-refractivity contribution in [1.82, 2.24) is 0 Å². The van der Waals surface area contributed by atoms with E-state index in [1.807, 2.05) is 19.9 Å². The van der Waals surface area contributed by atoms with Crippen molar-refractivity contribution in [3.8, 4) is 5.75 Å². The van der Waals surface area contributed by atoms with Crippen molar-refractivity contribution in [2.75, 3.05) is 19.8 Å². The molecule has 0 fully saturated rings. The molecule has 0 amide bonds. The third-order valence-corrected chi connectivity index (χ3v) is 2.13. The Kier molecular flexibility index (Phi) is 6.60. The molecule has 1 aromatic rings. The van der Waals surface area contributed by atoms with Gasteiger partial charge in [0.25, 0.3) is 0 Å². The van der Waals surface area contributed by atoms with Gasteiger partial charge in [-0.05, 0) is 31.0 Å². The molecule has 0 spiro atoms. The van der Waals surface area contributed by atoms with Gasteiger partial charge in [0, 0.05) is 0 Å². The number of carbonyl (C=O) groups is 2. The Morgan fingerprint density at radius 2 is 1.89 bits per heavy atom. The van der Waals surface area contributed by atoms with Gasteiger partial charge in [-0.15, -0.1) is 0 Å². The van der Waals surface area contributed by atoms with E-state index in [9.17, 15) is 9.59 Å². The van der Waals surface area contributed by atoms with Crippen LogP contribution in [0, 0.1) is 6.92 Å². The van der Waals surface area contributed by atoms with Gasteiger partial charge in [-0.25, -0.2) is 9.59 Å². The molecule has 0 bridgehead atoms. The average Bonchev–Trinajstić information content (AvgIpc) is 2.36. The fourth-order valence-corrected chi connectivity index (χ4v) is 1.32. The minimum Gasteiger partial charge on any atom is -0.464 e. The van der Waals surface area contributed by atoms with Crippen LogP contribution in [0.25, 0.3) is 0 Å². The second-order valence-corrected chi connectivity index (χ2v) is 4.00. The van der Waals surface area contributed by atoms with Crippen molar-refractivity contribution in [2.45, 2.75) is 20.3 Å². The number of rotatable bonds is 7. The third kappa shape index (κ3) is 6.57. The first kappa shape index (κ1) is 15.2. The lowest BCUT2D eigenvalue weighted by Gasteiger charge is -2.06. The fourth-order valence-electron chi connectivity index (χ4n) is 1.32. The van der Waals surface area contributed by atoms with Gasteiger partial charge in [0.1, 0.15) is 19.0 Å². The maximum absolute atomic E-state index is 11.4. The number of aryl methyl sites for hydroxylation is 1. The van der Waals surface area contributed by atoms with Crippen molar-refractivity contribution in [1.29, 1.82) is 0 Å². The summed E-state index contributed by atoms with van der Waals surface area (Å²) in [5, 5.41) is 0. The van der Waals surface area contributed by atoms with Crippen LogP contribution < -0.4 is 4.74 Å². The van der Waals surface area contributed by atoms with Crippen LogP contribution in [-0.2, 0) is 19.1 Å². The molecule has 104 valence electrons. The Labute approximate surface area is 112 Å². The molecule has 0 N–H and O–H groups in total. The van der Waals surface area contributed by atoms with Crippen LogP contribution in [0.3, 0.4) is 0 Å². The van der Waals surface area contributed by atoms with Crippen molar-refractivity contribution in [3.05, 3.63) is 29.8 Å². The van der Waals surface area contributed by atoms with Crippen LogP contribution in [0.15, 0.2) is 24.3 Å². The highest BCUT2D eigenvalue weighted by atomic mass is 16.6. The summed E-state index contributed by atoms with van der Waals surface area (Å²) in [6, 6.07) is 7.12. The van der Waals surface area contributed by atoms with Gasteiger partial charge < -0.3 is 14.2 Å². The fraction of sp³-hybridized carbons (Fsp3) is 0.429. The minimum absolute atomic E-state index is 0.247. The predicted molar refractivity (Wildman–Crippen MR) is 68.9 cm³/mol. The Balaban J connectivity index is 2.23. The highest BCUT2D eigenvalue weighted by molar-refractivity contribution is 5.75. The first-order valence-electron chi connectivity index (χ1n) is 6.12. The van der Waals surface area contributed by atoms with Gasteiger partial charge in [0.2, 0.25) is 0 Å². The molecular weight excluding hydrogens is 248 g/mol. The molecular formula is C14H18O5. The second-order valence-electron chi connectivity index (χ2n) is 4.00. The zero-order valence-electron chi connectivity index (χ0n) is 11.2. The third-order valence-electron chi connectivity index (χ3n) is 2.13. The van der Waals surface area contributed by atoms with Crippen LogP contribution in [0.2, 0.25) is 0 Å². The summed E-state index contributed by atoms with van der Waals surface area (Å²) in [7, 11) is 0. The van der Waals surface area contributed by atoms with Crippen LogP contribution in [0.1, 0.15) is 18.9 Å². The predicted octanol–water partition coefficient (Wildman–Crippen LogP) is 1.87. The van der Waals surface area contributed by atoms with E-state index in [1.165, 1.54) is 0 Å². The molecule has 5 heteroatoms. The first-order valence-corrected chi connectivity index (χ1v) is 6.12. The molecule has 0 heterocycles.